The number of hydrogen-bond acceptors (Lipinski definition) is 5. The average molecular weight is 494 g/mol. The van der Waals surface area contributed by atoms with Crippen molar-refractivity contribution < 1.29 is 9.53 Å². The number of aryl methyl sites for hydroxylation is 3. The van der Waals surface area contributed by atoms with Crippen molar-refractivity contribution in [3.63, 3.8) is 0 Å². The Labute approximate surface area is 207 Å². The summed E-state index contributed by atoms with van der Waals surface area (Å²) < 4.78 is 7.49. The maximum atomic E-state index is 11.7. The van der Waals surface area contributed by atoms with Crippen LogP contribution >= 0.6 is 24.8 Å². The monoisotopic (exact) mass is 493 g/mol. The molecule has 0 aliphatic heterocycles. The molecule has 7 nitrogen and oxygen atoms in total. The topological polar surface area (TPSA) is 109 Å². The molecular formula is C24H33Cl2N5O2. The lowest BCUT2D eigenvalue weighted by atomic mass is 9.90. The van der Waals surface area contributed by atoms with Gasteiger partial charge in [0.2, 0.25) is 5.88 Å². The van der Waals surface area contributed by atoms with Crippen LogP contribution in [0.1, 0.15) is 52.3 Å². The van der Waals surface area contributed by atoms with E-state index in [2.05, 4.69) is 50.1 Å². The van der Waals surface area contributed by atoms with Gasteiger partial charge in [0.1, 0.15) is 12.2 Å². The van der Waals surface area contributed by atoms with Gasteiger partial charge in [-0.25, -0.2) is 0 Å². The van der Waals surface area contributed by atoms with Gasteiger partial charge in [0.15, 0.2) is 0 Å². The van der Waals surface area contributed by atoms with Gasteiger partial charge in [0.25, 0.3) is 5.91 Å². The molecule has 4 N–H and O–H groups in total. The quantitative estimate of drug-likeness (QED) is 0.486. The van der Waals surface area contributed by atoms with E-state index in [1.54, 1.807) is 13.2 Å². The van der Waals surface area contributed by atoms with Gasteiger partial charge in [-0.15, -0.1) is 29.9 Å². The fourth-order valence-corrected chi connectivity index (χ4v) is 3.75. The van der Waals surface area contributed by atoms with E-state index >= 15 is 0 Å². The number of nitrogens with two attached hydrogens (primary N) is 2. The molecular weight excluding hydrogens is 461 g/mol. The number of carbonyl (C=O) groups excluding carboxylic acids is 1. The summed E-state index contributed by atoms with van der Waals surface area (Å²) in [6, 6.07) is 8.37. The molecule has 0 radical (unpaired) electrons. The first-order valence-corrected chi connectivity index (χ1v) is 10.5. The van der Waals surface area contributed by atoms with Crippen molar-refractivity contribution >= 4 is 30.7 Å². The summed E-state index contributed by atoms with van der Waals surface area (Å²) in [7, 11) is 1.72. The highest BCUT2D eigenvalue weighted by molar-refractivity contribution is 5.94. The lowest BCUT2D eigenvalue weighted by Gasteiger charge is -2.21. The van der Waals surface area contributed by atoms with E-state index in [-0.39, 0.29) is 42.9 Å². The number of hydrogen-bond donors (Lipinski definition) is 2. The van der Waals surface area contributed by atoms with Crippen LogP contribution in [-0.2, 0) is 26.6 Å². The molecule has 33 heavy (non-hydrogen) atoms. The van der Waals surface area contributed by atoms with Gasteiger partial charge in [-0.1, -0.05) is 43.7 Å². The first-order chi connectivity index (χ1) is 14.7. The number of rotatable bonds is 8. The van der Waals surface area contributed by atoms with Gasteiger partial charge in [0.05, 0.1) is 0 Å². The van der Waals surface area contributed by atoms with Gasteiger partial charge in [-0.05, 0) is 42.9 Å². The number of ether oxygens (including phenoxy) is 1. The molecule has 9 heteroatoms. The van der Waals surface area contributed by atoms with Gasteiger partial charge in [0, 0.05) is 36.7 Å². The van der Waals surface area contributed by atoms with Gasteiger partial charge in [-0.2, -0.15) is 0 Å². The lowest BCUT2D eigenvalue weighted by Crippen LogP contribution is -2.15. The summed E-state index contributed by atoms with van der Waals surface area (Å²) in [6.07, 6.45) is 2.40. The van der Waals surface area contributed by atoms with Crippen molar-refractivity contribution in [2.24, 2.45) is 24.4 Å². The van der Waals surface area contributed by atoms with E-state index < -0.39 is 5.91 Å². The molecule has 2 heterocycles. The van der Waals surface area contributed by atoms with Crippen molar-refractivity contribution in [2.75, 3.05) is 0 Å². The lowest BCUT2D eigenvalue weighted by molar-refractivity contribution is 0.0996. The molecule has 0 saturated heterocycles. The second-order valence-electron chi connectivity index (χ2n) is 8.32. The standard InChI is InChI=1S/C24H31N5O2.2ClH/c1-14(2)10-21-18(11-25)22(17-8-6-15(3)7-9-17)20(16(4)27-21)13-31-24-19(23(26)30)12-29(5)28-24;;/h6-9,12,14H,10-11,13,25H2,1-5H3,(H2,26,30);2*1H. The summed E-state index contributed by atoms with van der Waals surface area (Å²) in [5.41, 5.74) is 19.1. The minimum Gasteiger partial charge on any atom is -0.471 e. The number of halogens is 2. The Kier molecular flexibility index (Phi) is 10.4. The summed E-state index contributed by atoms with van der Waals surface area (Å²) in [6.45, 7) is 8.97. The predicted molar refractivity (Wildman–Crippen MR) is 136 cm³/mol. The Morgan fingerprint density at radius 3 is 2.30 bits per heavy atom. The molecule has 3 rings (SSSR count). The molecule has 0 saturated carbocycles. The predicted octanol–water partition coefficient (Wildman–Crippen LogP) is 4.28. The largest absolute Gasteiger partial charge is 0.471 e. The Morgan fingerprint density at radius 1 is 1.12 bits per heavy atom. The molecule has 0 unspecified atom stereocenters. The van der Waals surface area contributed by atoms with Crippen LogP contribution < -0.4 is 16.2 Å². The summed E-state index contributed by atoms with van der Waals surface area (Å²) in [4.78, 5) is 16.6. The first kappa shape index (κ1) is 28.4. The second kappa shape index (κ2) is 12.0. The number of carbonyl (C=O) groups is 1. The van der Waals surface area contributed by atoms with Crippen molar-refractivity contribution in [1.82, 2.24) is 14.8 Å². The second-order valence-corrected chi connectivity index (χ2v) is 8.32. The number of benzene rings is 1. The highest BCUT2D eigenvalue weighted by atomic mass is 35.5. The highest BCUT2D eigenvalue weighted by Gasteiger charge is 2.21. The van der Waals surface area contributed by atoms with E-state index in [0.717, 1.165) is 40.1 Å². The molecule has 0 aliphatic rings. The zero-order valence-electron chi connectivity index (χ0n) is 19.7. The van der Waals surface area contributed by atoms with Crippen LogP contribution in [0, 0.1) is 19.8 Å². The number of primary amides is 1. The third kappa shape index (κ3) is 6.47. The van der Waals surface area contributed by atoms with Gasteiger partial charge < -0.3 is 16.2 Å². The van der Waals surface area contributed by atoms with E-state index in [1.807, 2.05) is 6.92 Å². The third-order valence-corrected chi connectivity index (χ3v) is 5.25. The molecule has 0 fully saturated rings. The van der Waals surface area contributed by atoms with Crippen LogP contribution in [0.4, 0.5) is 0 Å². The van der Waals surface area contributed by atoms with Crippen LogP contribution in [0.5, 0.6) is 5.88 Å². The third-order valence-electron chi connectivity index (χ3n) is 5.25. The first-order valence-electron chi connectivity index (χ1n) is 10.5. The molecule has 0 bridgehead atoms. The van der Waals surface area contributed by atoms with E-state index in [9.17, 15) is 4.79 Å². The summed E-state index contributed by atoms with van der Waals surface area (Å²) in [5, 5.41) is 4.24. The molecule has 0 aliphatic carbocycles. The van der Waals surface area contributed by atoms with Crippen LogP contribution in [0.15, 0.2) is 30.5 Å². The van der Waals surface area contributed by atoms with Crippen molar-refractivity contribution in [3.8, 4) is 17.0 Å². The molecule has 0 spiro atoms. The number of pyridine rings is 1. The SMILES string of the molecule is Cc1ccc(-c2c(COc3nn(C)cc3C(N)=O)c(C)nc(CC(C)C)c2CN)cc1.Cl.Cl. The smallest absolute Gasteiger partial charge is 0.255 e. The maximum Gasteiger partial charge on any atom is 0.255 e. The van der Waals surface area contributed by atoms with Crippen LogP contribution in [0.25, 0.3) is 11.1 Å². The van der Waals surface area contributed by atoms with E-state index in [1.165, 1.54) is 10.2 Å². The van der Waals surface area contributed by atoms with Gasteiger partial charge >= 0.3 is 0 Å². The number of aromatic nitrogens is 3. The van der Waals surface area contributed by atoms with Gasteiger partial charge in [-0.3, -0.25) is 14.5 Å². The average Bonchev–Trinajstić information content (AvgIpc) is 3.08. The van der Waals surface area contributed by atoms with E-state index in [0.29, 0.717) is 12.5 Å². The van der Waals surface area contributed by atoms with Crippen molar-refractivity contribution in [1.29, 1.82) is 0 Å². The van der Waals surface area contributed by atoms with Crippen molar-refractivity contribution in [3.05, 3.63) is 64.1 Å². The Bertz CT molecular complexity index is 1100. The van der Waals surface area contributed by atoms with Crippen LogP contribution in [0.3, 0.4) is 0 Å². The highest BCUT2D eigenvalue weighted by Crippen LogP contribution is 2.33. The van der Waals surface area contributed by atoms with E-state index in [4.69, 9.17) is 21.2 Å². The summed E-state index contributed by atoms with van der Waals surface area (Å²) >= 11 is 0. The Hall–Kier alpha value is -2.61. The number of nitrogens with zero attached hydrogens (tertiary/aromatic N) is 3. The molecule has 1 amide bonds. The molecule has 2 aromatic heterocycles. The Morgan fingerprint density at radius 2 is 1.76 bits per heavy atom. The summed E-state index contributed by atoms with van der Waals surface area (Å²) in [5.74, 6) is 0.0910. The fraction of sp³-hybridized carbons (Fsp3) is 0.375. The number of amides is 1. The maximum absolute atomic E-state index is 11.7. The Balaban J connectivity index is 0.00000272. The zero-order chi connectivity index (χ0) is 22.7. The van der Waals surface area contributed by atoms with Crippen LogP contribution in [0.2, 0.25) is 0 Å². The minimum atomic E-state index is -0.577. The molecule has 3 aromatic rings. The molecule has 0 atom stereocenters. The van der Waals surface area contributed by atoms with Crippen LogP contribution in [-0.4, -0.2) is 20.7 Å². The molecule has 1 aromatic carbocycles. The zero-order valence-corrected chi connectivity index (χ0v) is 21.3. The molecule has 180 valence electrons. The normalized spacial score (nSPS) is 10.5. The fourth-order valence-electron chi connectivity index (χ4n) is 3.75. The minimum absolute atomic E-state index is 0. The van der Waals surface area contributed by atoms with Crippen molar-refractivity contribution in [2.45, 2.75) is 47.3 Å².